The number of fused-ring (bicyclic) bond motifs is 1. The van der Waals surface area contributed by atoms with Crippen molar-refractivity contribution >= 4 is 17.7 Å². The molecule has 4 rings (SSSR count). The predicted octanol–water partition coefficient (Wildman–Crippen LogP) is 2.95. The molecule has 1 N–H and O–H groups in total. The SMILES string of the molecule is Cc1cc(-c2nn(CC3CO3)c3c2CN(C(=O)O)CC3)ccc1Cl. The minimum atomic E-state index is -0.892. The van der Waals surface area contributed by atoms with E-state index in [1.807, 2.05) is 29.8 Å². The van der Waals surface area contributed by atoms with Crippen molar-refractivity contribution in [2.45, 2.75) is 32.5 Å². The first-order chi connectivity index (χ1) is 11.5. The molecule has 2 aliphatic rings. The average Bonchev–Trinajstić information content (AvgIpc) is 3.30. The molecule has 1 fully saturated rings. The van der Waals surface area contributed by atoms with Crippen LogP contribution in [0.4, 0.5) is 4.79 Å². The molecule has 1 atom stereocenters. The van der Waals surface area contributed by atoms with Gasteiger partial charge in [0.25, 0.3) is 0 Å². The lowest BCUT2D eigenvalue weighted by molar-refractivity contribution is 0.139. The van der Waals surface area contributed by atoms with E-state index in [1.165, 1.54) is 4.90 Å². The van der Waals surface area contributed by atoms with E-state index in [2.05, 4.69) is 0 Å². The van der Waals surface area contributed by atoms with Gasteiger partial charge >= 0.3 is 6.09 Å². The van der Waals surface area contributed by atoms with Crippen LogP contribution in [-0.4, -0.2) is 45.1 Å². The second-order valence-electron chi connectivity index (χ2n) is 6.33. The second-order valence-corrected chi connectivity index (χ2v) is 6.74. The van der Waals surface area contributed by atoms with Crippen molar-refractivity contribution in [3.05, 3.63) is 40.0 Å². The van der Waals surface area contributed by atoms with Crippen LogP contribution in [0, 0.1) is 6.92 Å². The Morgan fingerprint density at radius 1 is 1.50 bits per heavy atom. The number of hydrogen-bond acceptors (Lipinski definition) is 3. The summed E-state index contributed by atoms with van der Waals surface area (Å²) in [5, 5.41) is 14.8. The van der Waals surface area contributed by atoms with E-state index in [0.717, 1.165) is 41.2 Å². The van der Waals surface area contributed by atoms with E-state index < -0.39 is 6.09 Å². The summed E-state index contributed by atoms with van der Waals surface area (Å²) in [4.78, 5) is 12.8. The van der Waals surface area contributed by atoms with Crippen LogP contribution in [0.2, 0.25) is 5.02 Å². The average molecular weight is 348 g/mol. The van der Waals surface area contributed by atoms with E-state index in [9.17, 15) is 9.90 Å². The third kappa shape index (κ3) is 2.76. The lowest BCUT2D eigenvalue weighted by atomic mass is 10.00. The normalized spacial score (nSPS) is 19.2. The molecule has 0 radical (unpaired) electrons. The van der Waals surface area contributed by atoms with Gasteiger partial charge in [-0.05, 0) is 24.6 Å². The van der Waals surface area contributed by atoms with Gasteiger partial charge in [-0.15, -0.1) is 0 Å². The zero-order valence-corrected chi connectivity index (χ0v) is 14.1. The van der Waals surface area contributed by atoms with E-state index in [4.69, 9.17) is 21.4 Å². The van der Waals surface area contributed by atoms with E-state index in [1.54, 1.807) is 0 Å². The molecule has 1 aromatic carbocycles. The summed E-state index contributed by atoms with van der Waals surface area (Å²) in [6.07, 6.45) is 0.0111. The van der Waals surface area contributed by atoms with Crippen LogP contribution >= 0.6 is 11.6 Å². The van der Waals surface area contributed by atoms with Crippen LogP contribution in [0.15, 0.2) is 18.2 Å². The number of aromatic nitrogens is 2. The molecule has 2 aliphatic heterocycles. The standard InChI is InChI=1S/C17H18ClN3O3/c1-10-6-11(2-3-14(10)18)16-13-8-20(17(22)23)5-4-15(13)21(19-16)7-12-9-24-12/h2-3,6,12H,4-5,7-9H2,1H3,(H,22,23). The van der Waals surface area contributed by atoms with E-state index >= 15 is 0 Å². The molecular weight excluding hydrogens is 330 g/mol. The topological polar surface area (TPSA) is 70.9 Å². The van der Waals surface area contributed by atoms with Crippen LogP contribution in [0.25, 0.3) is 11.3 Å². The number of rotatable bonds is 3. The number of amides is 1. The first-order valence-corrected chi connectivity index (χ1v) is 8.35. The van der Waals surface area contributed by atoms with Gasteiger partial charge in [-0.2, -0.15) is 5.10 Å². The first-order valence-electron chi connectivity index (χ1n) is 7.97. The van der Waals surface area contributed by atoms with Crippen molar-refractivity contribution in [3.63, 3.8) is 0 Å². The Morgan fingerprint density at radius 3 is 2.96 bits per heavy atom. The number of epoxide rings is 1. The molecule has 1 unspecified atom stereocenters. The molecule has 3 heterocycles. The minimum absolute atomic E-state index is 0.228. The zero-order valence-electron chi connectivity index (χ0n) is 13.3. The van der Waals surface area contributed by atoms with Gasteiger partial charge < -0.3 is 14.7 Å². The molecule has 2 aromatic rings. The fourth-order valence-electron chi connectivity index (χ4n) is 3.20. The molecule has 126 valence electrons. The Balaban J connectivity index is 1.78. The Bertz CT molecular complexity index is 814. The van der Waals surface area contributed by atoms with Crippen LogP contribution in [0.5, 0.6) is 0 Å². The van der Waals surface area contributed by atoms with Gasteiger partial charge in [0.1, 0.15) is 6.10 Å². The van der Waals surface area contributed by atoms with Crippen molar-refractivity contribution < 1.29 is 14.6 Å². The second kappa shape index (κ2) is 5.79. The van der Waals surface area contributed by atoms with E-state index in [0.29, 0.717) is 24.5 Å². The molecule has 1 amide bonds. The quantitative estimate of drug-likeness (QED) is 0.866. The lowest BCUT2D eigenvalue weighted by Crippen LogP contribution is -2.35. The first kappa shape index (κ1) is 15.5. The number of ether oxygens (including phenoxy) is 1. The monoisotopic (exact) mass is 347 g/mol. The molecule has 6 nitrogen and oxygen atoms in total. The Kier molecular flexibility index (Phi) is 3.73. The van der Waals surface area contributed by atoms with Gasteiger partial charge in [0.2, 0.25) is 0 Å². The molecule has 0 bridgehead atoms. The maximum Gasteiger partial charge on any atom is 0.407 e. The number of carboxylic acid groups (broad SMARTS) is 1. The van der Waals surface area contributed by atoms with Gasteiger partial charge in [-0.25, -0.2) is 4.79 Å². The van der Waals surface area contributed by atoms with Gasteiger partial charge in [-0.1, -0.05) is 17.7 Å². The molecular formula is C17H18ClN3O3. The lowest BCUT2D eigenvalue weighted by Gasteiger charge is -2.25. The van der Waals surface area contributed by atoms with Gasteiger partial charge in [0.15, 0.2) is 0 Å². The fourth-order valence-corrected chi connectivity index (χ4v) is 3.31. The summed E-state index contributed by atoms with van der Waals surface area (Å²) in [6, 6.07) is 5.80. The Hall–Kier alpha value is -2.05. The summed E-state index contributed by atoms with van der Waals surface area (Å²) in [5.74, 6) is 0. The number of carbonyl (C=O) groups is 1. The smallest absolute Gasteiger partial charge is 0.407 e. The molecule has 0 spiro atoms. The van der Waals surface area contributed by atoms with Crippen molar-refractivity contribution in [3.8, 4) is 11.3 Å². The van der Waals surface area contributed by atoms with Crippen molar-refractivity contribution in [2.75, 3.05) is 13.2 Å². The number of hydrogen-bond donors (Lipinski definition) is 1. The summed E-state index contributed by atoms with van der Waals surface area (Å²) in [6.45, 7) is 4.32. The number of aryl methyl sites for hydroxylation is 1. The highest BCUT2D eigenvalue weighted by atomic mass is 35.5. The Morgan fingerprint density at radius 2 is 2.29 bits per heavy atom. The maximum absolute atomic E-state index is 11.4. The van der Waals surface area contributed by atoms with Crippen LogP contribution in [0.1, 0.15) is 16.8 Å². The van der Waals surface area contributed by atoms with Crippen molar-refractivity contribution in [1.29, 1.82) is 0 Å². The van der Waals surface area contributed by atoms with Crippen molar-refractivity contribution in [2.24, 2.45) is 0 Å². The highest BCUT2D eigenvalue weighted by Crippen LogP contribution is 2.32. The number of nitrogens with zero attached hydrogens (tertiary/aromatic N) is 3. The number of benzene rings is 1. The maximum atomic E-state index is 11.4. The fraction of sp³-hybridized carbons (Fsp3) is 0.412. The van der Waals surface area contributed by atoms with Crippen molar-refractivity contribution in [1.82, 2.24) is 14.7 Å². The number of halogens is 1. The van der Waals surface area contributed by atoms with Gasteiger partial charge in [0, 0.05) is 34.8 Å². The third-order valence-corrected chi connectivity index (χ3v) is 5.04. The summed E-state index contributed by atoms with van der Waals surface area (Å²) >= 11 is 6.13. The van der Waals surface area contributed by atoms with Crippen LogP contribution < -0.4 is 0 Å². The molecule has 0 aliphatic carbocycles. The molecule has 1 aromatic heterocycles. The highest BCUT2D eigenvalue weighted by molar-refractivity contribution is 6.31. The Labute approximate surface area is 144 Å². The molecule has 1 saturated heterocycles. The zero-order chi connectivity index (χ0) is 16.8. The minimum Gasteiger partial charge on any atom is -0.465 e. The van der Waals surface area contributed by atoms with Crippen LogP contribution in [-0.2, 0) is 24.2 Å². The van der Waals surface area contributed by atoms with Gasteiger partial charge in [0.05, 0.1) is 25.4 Å². The van der Waals surface area contributed by atoms with Crippen LogP contribution in [0.3, 0.4) is 0 Å². The summed E-state index contributed by atoms with van der Waals surface area (Å²) in [5.41, 5.74) is 4.90. The third-order valence-electron chi connectivity index (χ3n) is 4.61. The highest BCUT2D eigenvalue weighted by Gasteiger charge is 2.31. The summed E-state index contributed by atoms with van der Waals surface area (Å²) < 4.78 is 7.32. The summed E-state index contributed by atoms with van der Waals surface area (Å²) in [7, 11) is 0. The van der Waals surface area contributed by atoms with Gasteiger partial charge in [-0.3, -0.25) is 4.68 Å². The van der Waals surface area contributed by atoms with E-state index in [-0.39, 0.29) is 6.10 Å². The molecule has 7 heteroatoms. The largest absolute Gasteiger partial charge is 0.465 e. The molecule has 24 heavy (non-hydrogen) atoms. The predicted molar refractivity (Wildman–Crippen MR) is 89.3 cm³/mol. The molecule has 0 saturated carbocycles.